The molecule has 0 fully saturated rings. The molecule has 0 N–H and O–H groups in total. The lowest BCUT2D eigenvalue weighted by molar-refractivity contribution is 0.171. The van der Waals surface area contributed by atoms with E-state index in [1.807, 2.05) is 18.2 Å². The third-order valence-corrected chi connectivity index (χ3v) is 3.49. The second-order valence-electron chi connectivity index (χ2n) is 4.40. The van der Waals surface area contributed by atoms with Gasteiger partial charge in [-0.05, 0) is 30.7 Å². The van der Waals surface area contributed by atoms with Crippen molar-refractivity contribution in [3.8, 4) is 0 Å². The number of alkyl halides is 1. The zero-order valence-corrected chi connectivity index (χ0v) is 13.2. The number of nitrogens with zero attached hydrogens (tertiary/aromatic N) is 1. The van der Waals surface area contributed by atoms with Gasteiger partial charge in [-0.1, -0.05) is 11.6 Å². The Morgan fingerprint density at radius 1 is 1.26 bits per heavy atom. The highest BCUT2D eigenvalue weighted by atomic mass is 35.5. The molecule has 19 heavy (non-hydrogen) atoms. The number of anilines is 1. The molecule has 1 unspecified atom stereocenters. The second kappa shape index (κ2) is 8.64. The third kappa shape index (κ3) is 4.84. The number of hydrogen-bond donors (Lipinski definition) is 0. The van der Waals surface area contributed by atoms with Crippen molar-refractivity contribution in [1.29, 1.82) is 0 Å². The van der Waals surface area contributed by atoms with Crippen LogP contribution in [0, 0.1) is 0 Å². The van der Waals surface area contributed by atoms with Crippen molar-refractivity contribution < 1.29 is 9.47 Å². The van der Waals surface area contributed by atoms with Crippen molar-refractivity contribution in [2.75, 3.05) is 38.9 Å². The van der Waals surface area contributed by atoms with Gasteiger partial charge in [0.05, 0.1) is 13.2 Å². The lowest BCUT2D eigenvalue weighted by atomic mass is 10.1. The van der Waals surface area contributed by atoms with Crippen molar-refractivity contribution >= 4 is 28.9 Å². The molecular formula is C14H21Cl2NO2. The topological polar surface area (TPSA) is 21.7 Å². The van der Waals surface area contributed by atoms with Gasteiger partial charge < -0.3 is 14.4 Å². The number of hydrogen-bond acceptors (Lipinski definition) is 3. The Kier molecular flexibility index (Phi) is 7.54. The summed E-state index contributed by atoms with van der Waals surface area (Å²) in [6.45, 7) is 4.20. The number of benzene rings is 1. The predicted octanol–water partition coefficient (Wildman–Crippen LogP) is 3.57. The van der Waals surface area contributed by atoms with Gasteiger partial charge in [-0.25, -0.2) is 0 Å². The Hall–Kier alpha value is -0.480. The van der Waals surface area contributed by atoms with Crippen LogP contribution in [-0.2, 0) is 15.4 Å². The molecule has 5 heteroatoms. The average Bonchev–Trinajstić information content (AvgIpc) is 2.40. The summed E-state index contributed by atoms with van der Waals surface area (Å²) in [4.78, 5) is 2.24. The molecule has 0 saturated carbocycles. The van der Waals surface area contributed by atoms with Gasteiger partial charge in [0.2, 0.25) is 0 Å². The quantitative estimate of drug-likeness (QED) is 0.685. The molecule has 1 aromatic rings. The van der Waals surface area contributed by atoms with Crippen LogP contribution in [0.2, 0.25) is 5.02 Å². The molecule has 0 radical (unpaired) electrons. The first kappa shape index (κ1) is 16.6. The Balaban J connectivity index is 3.01. The van der Waals surface area contributed by atoms with Gasteiger partial charge >= 0.3 is 0 Å². The highest BCUT2D eigenvalue weighted by molar-refractivity contribution is 6.30. The largest absolute Gasteiger partial charge is 0.383 e. The first-order valence-corrected chi connectivity index (χ1v) is 7.14. The van der Waals surface area contributed by atoms with Gasteiger partial charge in [0, 0.05) is 43.4 Å². The molecule has 3 nitrogen and oxygen atoms in total. The van der Waals surface area contributed by atoms with Crippen molar-refractivity contribution in [1.82, 2.24) is 0 Å². The third-order valence-electron chi connectivity index (χ3n) is 2.97. The minimum Gasteiger partial charge on any atom is -0.383 e. The smallest absolute Gasteiger partial charge is 0.0663 e. The molecule has 0 bridgehead atoms. The maximum Gasteiger partial charge on any atom is 0.0663 e. The number of ether oxygens (including phenoxy) is 2. The van der Waals surface area contributed by atoms with E-state index in [2.05, 4.69) is 11.8 Å². The SMILES string of the molecule is COCCN(c1ccc(Cl)cc1CCl)C(C)COC. The summed E-state index contributed by atoms with van der Waals surface area (Å²) in [6.07, 6.45) is 0. The molecule has 0 amide bonds. The molecule has 0 heterocycles. The van der Waals surface area contributed by atoms with E-state index in [0.29, 0.717) is 24.1 Å². The van der Waals surface area contributed by atoms with Crippen molar-refractivity contribution in [3.63, 3.8) is 0 Å². The van der Waals surface area contributed by atoms with E-state index in [9.17, 15) is 0 Å². The maximum absolute atomic E-state index is 6.02. The Morgan fingerprint density at radius 3 is 2.58 bits per heavy atom. The molecule has 0 aliphatic carbocycles. The molecule has 108 valence electrons. The summed E-state index contributed by atoms with van der Waals surface area (Å²) in [5.74, 6) is 0.430. The first-order valence-electron chi connectivity index (χ1n) is 6.23. The molecule has 0 aromatic heterocycles. The van der Waals surface area contributed by atoms with E-state index < -0.39 is 0 Å². The normalized spacial score (nSPS) is 12.5. The van der Waals surface area contributed by atoms with Crippen LogP contribution in [0.3, 0.4) is 0 Å². The van der Waals surface area contributed by atoms with E-state index in [1.54, 1.807) is 14.2 Å². The number of halogens is 2. The van der Waals surface area contributed by atoms with Crippen LogP contribution in [0.25, 0.3) is 0 Å². The minimum absolute atomic E-state index is 0.239. The van der Waals surface area contributed by atoms with Crippen LogP contribution in [0.5, 0.6) is 0 Å². The summed E-state index contributed by atoms with van der Waals surface area (Å²) in [5.41, 5.74) is 2.11. The predicted molar refractivity (Wildman–Crippen MR) is 81.6 cm³/mol. The first-order chi connectivity index (χ1) is 9.13. The van der Waals surface area contributed by atoms with E-state index in [0.717, 1.165) is 17.8 Å². The van der Waals surface area contributed by atoms with Crippen molar-refractivity contribution in [2.24, 2.45) is 0 Å². The van der Waals surface area contributed by atoms with Gasteiger partial charge in [-0.15, -0.1) is 11.6 Å². The lowest BCUT2D eigenvalue weighted by Gasteiger charge is -2.32. The Bertz CT molecular complexity index is 388. The summed E-state index contributed by atoms with van der Waals surface area (Å²) in [6, 6.07) is 6.03. The summed E-state index contributed by atoms with van der Waals surface area (Å²) >= 11 is 12.0. The molecule has 0 aliphatic heterocycles. The zero-order chi connectivity index (χ0) is 14.3. The van der Waals surface area contributed by atoms with Gasteiger partial charge in [0.25, 0.3) is 0 Å². The minimum atomic E-state index is 0.239. The molecule has 1 aromatic carbocycles. The highest BCUT2D eigenvalue weighted by Crippen LogP contribution is 2.27. The fourth-order valence-electron chi connectivity index (χ4n) is 2.04. The maximum atomic E-state index is 6.02. The molecule has 0 aliphatic rings. The summed E-state index contributed by atoms with van der Waals surface area (Å²) in [5, 5.41) is 0.700. The van der Waals surface area contributed by atoms with Crippen LogP contribution in [0.15, 0.2) is 18.2 Å². The monoisotopic (exact) mass is 305 g/mol. The fourth-order valence-corrected chi connectivity index (χ4v) is 2.45. The van der Waals surface area contributed by atoms with Crippen molar-refractivity contribution in [2.45, 2.75) is 18.8 Å². The van der Waals surface area contributed by atoms with Crippen LogP contribution < -0.4 is 4.90 Å². The molecule has 1 rings (SSSR count). The van der Waals surface area contributed by atoms with E-state index >= 15 is 0 Å². The summed E-state index contributed by atoms with van der Waals surface area (Å²) < 4.78 is 10.4. The highest BCUT2D eigenvalue weighted by Gasteiger charge is 2.17. The van der Waals surface area contributed by atoms with Crippen LogP contribution >= 0.6 is 23.2 Å². The fraction of sp³-hybridized carbons (Fsp3) is 0.571. The second-order valence-corrected chi connectivity index (χ2v) is 5.10. The molecule has 1 atom stereocenters. The van der Waals surface area contributed by atoms with Gasteiger partial charge in [-0.3, -0.25) is 0 Å². The zero-order valence-electron chi connectivity index (χ0n) is 11.7. The van der Waals surface area contributed by atoms with Gasteiger partial charge in [0.1, 0.15) is 0 Å². The lowest BCUT2D eigenvalue weighted by Crippen LogP contribution is -2.39. The Morgan fingerprint density at radius 2 is 2.00 bits per heavy atom. The van der Waals surface area contributed by atoms with Gasteiger partial charge in [0.15, 0.2) is 0 Å². The molecular weight excluding hydrogens is 285 g/mol. The Labute approximate surface area is 125 Å². The van der Waals surface area contributed by atoms with Gasteiger partial charge in [-0.2, -0.15) is 0 Å². The number of methoxy groups -OCH3 is 2. The van der Waals surface area contributed by atoms with E-state index in [1.165, 1.54) is 0 Å². The van der Waals surface area contributed by atoms with Crippen molar-refractivity contribution in [3.05, 3.63) is 28.8 Å². The van der Waals surface area contributed by atoms with Crippen LogP contribution in [0.1, 0.15) is 12.5 Å². The standard InChI is InChI=1S/C14H21Cl2NO2/c1-11(10-19-3)17(6-7-18-2)14-5-4-13(16)8-12(14)9-15/h4-5,8,11H,6-7,9-10H2,1-3H3. The summed E-state index contributed by atoms with van der Waals surface area (Å²) in [7, 11) is 3.40. The number of rotatable bonds is 8. The molecule has 0 saturated heterocycles. The van der Waals surface area contributed by atoms with Crippen LogP contribution in [0.4, 0.5) is 5.69 Å². The van der Waals surface area contributed by atoms with E-state index in [4.69, 9.17) is 32.7 Å². The average molecular weight is 306 g/mol. The van der Waals surface area contributed by atoms with E-state index in [-0.39, 0.29) is 6.04 Å². The van der Waals surface area contributed by atoms with Crippen LogP contribution in [-0.4, -0.2) is 40.0 Å². The molecule has 0 spiro atoms.